The standard InChI is InChI=1S/C9H15F2N3O/c1-6-7(4-9(10,11)5-12)8(15-3)14(2)13-6/h4-5,12H2,1-3H3. The molecule has 1 rings (SSSR count). The second-order valence-electron chi connectivity index (χ2n) is 3.43. The molecule has 0 aliphatic heterocycles. The van der Waals surface area contributed by atoms with Crippen molar-refractivity contribution in [3.63, 3.8) is 0 Å². The van der Waals surface area contributed by atoms with Crippen LogP contribution in [0.4, 0.5) is 8.78 Å². The van der Waals surface area contributed by atoms with Gasteiger partial charge in [0.05, 0.1) is 19.3 Å². The molecule has 0 aromatic carbocycles. The molecule has 0 radical (unpaired) electrons. The molecule has 0 aliphatic rings. The maximum absolute atomic E-state index is 13.1. The van der Waals surface area contributed by atoms with E-state index in [-0.39, 0.29) is 0 Å². The normalized spacial score (nSPS) is 11.9. The molecule has 0 fully saturated rings. The zero-order valence-electron chi connectivity index (χ0n) is 9.05. The summed E-state index contributed by atoms with van der Waals surface area (Å²) in [5, 5.41) is 4.02. The van der Waals surface area contributed by atoms with E-state index in [1.807, 2.05) is 0 Å². The Morgan fingerprint density at radius 3 is 2.60 bits per heavy atom. The summed E-state index contributed by atoms with van der Waals surface area (Å²) in [5.74, 6) is -2.55. The molecule has 6 heteroatoms. The summed E-state index contributed by atoms with van der Waals surface area (Å²) in [6.07, 6.45) is -0.438. The Kier molecular flexibility index (Phi) is 3.28. The number of alkyl halides is 2. The van der Waals surface area contributed by atoms with Crippen molar-refractivity contribution in [1.82, 2.24) is 9.78 Å². The van der Waals surface area contributed by atoms with E-state index < -0.39 is 18.9 Å². The van der Waals surface area contributed by atoms with Crippen LogP contribution in [-0.2, 0) is 13.5 Å². The predicted octanol–water partition coefficient (Wildman–Crippen LogP) is 0.874. The first kappa shape index (κ1) is 11.9. The molecule has 0 saturated carbocycles. The van der Waals surface area contributed by atoms with Crippen molar-refractivity contribution in [2.24, 2.45) is 12.8 Å². The maximum atomic E-state index is 13.1. The summed E-state index contributed by atoms with van der Waals surface area (Å²) in [6.45, 7) is 0.995. The Bertz CT molecular complexity index is 349. The lowest BCUT2D eigenvalue weighted by atomic mass is 10.1. The highest BCUT2D eigenvalue weighted by molar-refractivity contribution is 5.32. The number of methoxy groups -OCH3 is 1. The number of hydrogen-bond donors (Lipinski definition) is 1. The fraction of sp³-hybridized carbons (Fsp3) is 0.667. The molecular weight excluding hydrogens is 204 g/mol. The van der Waals surface area contributed by atoms with E-state index in [0.29, 0.717) is 17.1 Å². The highest BCUT2D eigenvalue weighted by atomic mass is 19.3. The van der Waals surface area contributed by atoms with Crippen molar-refractivity contribution < 1.29 is 13.5 Å². The molecule has 1 aromatic heterocycles. The zero-order valence-corrected chi connectivity index (χ0v) is 9.05. The topological polar surface area (TPSA) is 53.1 Å². The Morgan fingerprint density at radius 2 is 2.13 bits per heavy atom. The molecule has 0 amide bonds. The molecule has 0 bridgehead atoms. The van der Waals surface area contributed by atoms with Gasteiger partial charge >= 0.3 is 0 Å². The van der Waals surface area contributed by atoms with Crippen LogP contribution in [0.15, 0.2) is 0 Å². The van der Waals surface area contributed by atoms with Gasteiger partial charge in [0.25, 0.3) is 5.92 Å². The van der Waals surface area contributed by atoms with Gasteiger partial charge in [-0.2, -0.15) is 5.10 Å². The first-order valence-electron chi connectivity index (χ1n) is 4.55. The third-order valence-corrected chi connectivity index (χ3v) is 2.22. The average molecular weight is 219 g/mol. The van der Waals surface area contributed by atoms with Gasteiger partial charge in [-0.05, 0) is 6.92 Å². The van der Waals surface area contributed by atoms with E-state index >= 15 is 0 Å². The van der Waals surface area contributed by atoms with Crippen molar-refractivity contribution in [2.45, 2.75) is 19.3 Å². The lowest BCUT2D eigenvalue weighted by Gasteiger charge is -2.14. The summed E-state index contributed by atoms with van der Waals surface area (Å²) in [7, 11) is 3.08. The second-order valence-corrected chi connectivity index (χ2v) is 3.43. The number of ether oxygens (including phenoxy) is 1. The minimum Gasteiger partial charge on any atom is -0.481 e. The monoisotopic (exact) mass is 219 g/mol. The SMILES string of the molecule is COc1c(CC(F)(F)CN)c(C)nn1C. The number of aryl methyl sites for hydroxylation is 2. The fourth-order valence-corrected chi connectivity index (χ4v) is 1.47. The van der Waals surface area contributed by atoms with Gasteiger partial charge in [0.1, 0.15) is 0 Å². The van der Waals surface area contributed by atoms with Crippen molar-refractivity contribution in [1.29, 1.82) is 0 Å². The van der Waals surface area contributed by atoms with E-state index in [1.165, 1.54) is 11.8 Å². The van der Waals surface area contributed by atoms with Gasteiger partial charge in [0.15, 0.2) is 0 Å². The molecule has 4 nitrogen and oxygen atoms in total. The average Bonchev–Trinajstić information content (AvgIpc) is 2.41. The van der Waals surface area contributed by atoms with Gasteiger partial charge < -0.3 is 10.5 Å². The molecule has 0 spiro atoms. The number of nitrogens with two attached hydrogens (primary N) is 1. The van der Waals surface area contributed by atoms with Crippen molar-refractivity contribution in [3.8, 4) is 5.88 Å². The highest BCUT2D eigenvalue weighted by Crippen LogP contribution is 2.27. The molecule has 0 atom stereocenters. The Hall–Kier alpha value is -1.17. The van der Waals surface area contributed by atoms with Crippen molar-refractivity contribution in [3.05, 3.63) is 11.3 Å². The van der Waals surface area contributed by atoms with Crippen LogP contribution in [0.5, 0.6) is 5.88 Å². The first-order valence-corrected chi connectivity index (χ1v) is 4.55. The van der Waals surface area contributed by atoms with Crippen LogP contribution in [0.25, 0.3) is 0 Å². The fourth-order valence-electron chi connectivity index (χ4n) is 1.47. The Balaban J connectivity index is 3.03. The van der Waals surface area contributed by atoms with Crippen LogP contribution in [0.3, 0.4) is 0 Å². The Labute approximate surface area is 87.0 Å². The van der Waals surface area contributed by atoms with Crippen molar-refractivity contribution >= 4 is 0 Å². The first-order chi connectivity index (χ1) is 6.91. The molecule has 2 N–H and O–H groups in total. The van der Waals surface area contributed by atoms with E-state index in [4.69, 9.17) is 10.5 Å². The zero-order chi connectivity index (χ0) is 11.6. The summed E-state index contributed by atoms with van der Waals surface area (Å²) < 4.78 is 32.7. The van der Waals surface area contributed by atoms with Crippen molar-refractivity contribution in [2.75, 3.05) is 13.7 Å². The van der Waals surface area contributed by atoms with E-state index in [0.717, 1.165) is 0 Å². The number of rotatable bonds is 4. The van der Waals surface area contributed by atoms with E-state index in [2.05, 4.69) is 5.10 Å². The van der Waals surface area contributed by atoms with E-state index in [9.17, 15) is 8.78 Å². The molecule has 86 valence electrons. The van der Waals surface area contributed by atoms with Gasteiger partial charge in [-0.1, -0.05) is 0 Å². The smallest absolute Gasteiger partial charge is 0.264 e. The summed E-state index contributed by atoms with van der Waals surface area (Å²) in [4.78, 5) is 0. The van der Waals surface area contributed by atoms with Crippen LogP contribution < -0.4 is 10.5 Å². The third kappa shape index (κ3) is 2.44. The van der Waals surface area contributed by atoms with Crippen LogP contribution in [0, 0.1) is 6.92 Å². The van der Waals surface area contributed by atoms with E-state index in [1.54, 1.807) is 14.0 Å². The minimum absolute atomic E-state index is 0.362. The molecule has 0 aliphatic carbocycles. The Morgan fingerprint density at radius 1 is 1.53 bits per heavy atom. The minimum atomic E-state index is -2.92. The largest absolute Gasteiger partial charge is 0.481 e. The molecule has 1 aromatic rings. The second kappa shape index (κ2) is 4.14. The lowest BCUT2D eigenvalue weighted by Crippen LogP contribution is -2.30. The number of hydrogen-bond acceptors (Lipinski definition) is 3. The third-order valence-electron chi connectivity index (χ3n) is 2.22. The quantitative estimate of drug-likeness (QED) is 0.817. The predicted molar refractivity (Wildman–Crippen MR) is 52.2 cm³/mol. The van der Waals surface area contributed by atoms with Crippen LogP contribution >= 0.6 is 0 Å². The van der Waals surface area contributed by atoms with Crippen LogP contribution in [-0.4, -0.2) is 29.4 Å². The number of halogens is 2. The summed E-state index contributed by atoms with van der Waals surface area (Å²) in [5.41, 5.74) is 5.94. The van der Waals surface area contributed by atoms with Gasteiger partial charge in [-0.15, -0.1) is 0 Å². The molecular formula is C9H15F2N3O. The summed E-state index contributed by atoms with van der Waals surface area (Å²) >= 11 is 0. The highest BCUT2D eigenvalue weighted by Gasteiger charge is 2.31. The summed E-state index contributed by atoms with van der Waals surface area (Å²) in [6, 6.07) is 0. The molecule has 15 heavy (non-hydrogen) atoms. The molecule has 1 heterocycles. The lowest BCUT2D eigenvalue weighted by molar-refractivity contribution is 0.0108. The van der Waals surface area contributed by atoms with Crippen LogP contribution in [0.2, 0.25) is 0 Å². The van der Waals surface area contributed by atoms with Gasteiger partial charge in [-0.3, -0.25) is 0 Å². The van der Waals surface area contributed by atoms with Gasteiger partial charge in [0.2, 0.25) is 5.88 Å². The number of aromatic nitrogens is 2. The molecule has 0 unspecified atom stereocenters. The van der Waals surface area contributed by atoms with Crippen LogP contribution in [0.1, 0.15) is 11.3 Å². The van der Waals surface area contributed by atoms with Gasteiger partial charge in [-0.25, -0.2) is 13.5 Å². The molecule has 0 saturated heterocycles. The number of nitrogens with zero attached hydrogens (tertiary/aromatic N) is 2. The van der Waals surface area contributed by atoms with Gasteiger partial charge in [0, 0.05) is 19.0 Å². The maximum Gasteiger partial charge on any atom is 0.264 e.